The number of carbonyl (C=O) groups excluding carboxylic acids is 2. The molecule has 2 amide bonds. The number of fused-ring (bicyclic) bond motifs is 2. The molecule has 1 aliphatic heterocycles. The maximum atomic E-state index is 13.6. The lowest BCUT2D eigenvalue weighted by atomic mass is 10.0. The van der Waals surface area contributed by atoms with E-state index in [2.05, 4.69) is 16.4 Å². The molecule has 1 atom stereocenters. The fraction of sp³-hybridized carbons (Fsp3) is 0.167. The summed E-state index contributed by atoms with van der Waals surface area (Å²) in [6, 6.07) is 19.0. The lowest BCUT2D eigenvalue weighted by molar-refractivity contribution is -0.120. The summed E-state index contributed by atoms with van der Waals surface area (Å²) in [6.07, 6.45) is 3.19. The predicted octanol–water partition coefficient (Wildman–Crippen LogP) is 4.16. The number of nitrogens with one attached hydrogen (secondary N) is 2. The molecule has 0 unspecified atom stereocenters. The molecule has 0 aliphatic carbocycles. The van der Waals surface area contributed by atoms with Crippen molar-refractivity contribution in [2.75, 3.05) is 11.4 Å². The van der Waals surface area contributed by atoms with Crippen LogP contribution in [0.25, 0.3) is 10.9 Å². The SMILES string of the molecule is O=C(N[C@H](Cc1c[nH]c2ccccc12)C(=O)N1CCc2ccccc21)c1cccs1. The van der Waals surface area contributed by atoms with Crippen LogP contribution in [0, 0.1) is 0 Å². The van der Waals surface area contributed by atoms with Gasteiger partial charge in [-0.1, -0.05) is 42.5 Å². The molecule has 2 N–H and O–H groups in total. The van der Waals surface area contributed by atoms with Crippen LogP contribution in [0.2, 0.25) is 0 Å². The number of carbonyl (C=O) groups is 2. The zero-order chi connectivity index (χ0) is 20.5. The minimum atomic E-state index is -0.648. The van der Waals surface area contributed by atoms with Crippen molar-refractivity contribution in [1.82, 2.24) is 10.3 Å². The highest BCUT2D eigenvalue weighted by Gasteiger charge is 2.32. The van der Waals surface area contributed by atoms with E-state index >= 15 is 0 Å². The van der Waals surface area contributed by atoms with Gasteiger partial charge < -0.3 is 15.2 Å². The lowest BCUT2D eigenvalue weighted by Gasteiger charge is -2.25. The molecule has 4 aromatic rings. The number of thiophene rings is 1. The molecule has 0 saturated heterocycles. The molecule has 1 aliphatic rings. The topological polar surface area (TPSA) is 65.2 Å². The molecule has 0 radical (unpaired) electrons. The summed E-state index contributed by atoms with van der Waals surface area (Å²) in [5.41, 5.74) is 4.15. The van der Waals surface area contributed by atoms with Gasteiger partial charge in [-0.3, -0.25) is 9.59 Å². The Morgan fingerprint density at radius 1 is 1.07 bits per heavy atom. The van der Waals surface area contributed by atoms with Crippen LogP contribution in [-0.4, -0.2) is 29.4 Å². The molecular formula is C24H21N3O2S. The molecule has 150 valence electrons. The molecule has 3 heterocycles. The summed E-state index contributed by atoms with van der Waals surface area (Å²) in [4.78, 5) is 32.1. The third-order valence-corrected chi connectivity index (χ3v) is 6.47. The van der Waals surface area contributed by atoms with Gasteiger partial charge >= 0.3 is 0 Å². The van der Waals surface area contributed by atoms with Gasteiger partial charge in [0, 0.05) is 35.8 Å². The number of aromatic amines is 1. The maximum absolute atomic E-state index is 13.6. The monoisotopic (exact) mass is 415 g/mol. The minimum absolute atomic E-state index is 0.0739. The van der Waals surface area contributed by atoms with Crippen LogP contribution >= 0.6 is 11.3 Å². The number of para-hydroxylation sites is 2. The Morgan fingerprint density at radius 2 is 1.90 bits per heavy atom. The van der Waals surface area contributed by atoms with Crippen LogP contribution in [-0.2, 0) is 17.6 Å². The molecule has 0 bridgehead atoms. The molecule has 2 aromatic heterocycles. The summed E-state index contributed by atoms with van der Waals surface area (Å²) in [5, 5.41) is 5.93. The summed E-state index contributed by atoms with van der Waals surface area (Å²) in [5.74, 6) is -0.286. The lowest BCUT2D eigenvalue weighted by Crippen LogP contribution is -2.49. The second-order valence-corrected chi connectivity index (χ2v) is 8.38. The number of nitrogens with zero attached hydrogens (tertiary/aromatic N) is 1. The highest BCUT2D eigenvalue weighted by atomic mass is 32.1. The van der Waals surface area contributed by atoms with Crippen molar-refractivity contribution in [3.63, 3.8) is 0 Å². The molecule has 0 spiro atoms. The molecular weight excluding hydrogens is 394 g/mol. The third-order valence-electron chi connectivity index (χ3n) is 5.60. The normalized spacial score (nSPS) is 13.9. The second-order valence-electron chi connectivity index (χ2n) is 7.44. The van der Waals surface area contributed by atoms with Gasteiger partial charge in [0.1, 0.15) is 6.04 Å². The van der Waals surface area contributed by atoms with Gasteiger partial charge in [0.05, 0.1) is 4.88 Å². The zero-order valence-corrected chi connectivity index (χ0v) is 17.1. The smallest absolute Gasteiger partial charge is 0.262 e. The molecule has 2 aromatic carbocycles. The average molecular weight is 416 g/mol. The largest absolute Gasteiger partial charge is 0.361 e. The van der Waals surface area contributed by atoms with Crippen LogP contribution < -0.4 is 10.2 Å². The summed E-state index contributed by atoms with van der Waals surface area (Å²) >= 11 is 1.37. The third kappa shape index (κ3) is 3.39. The van der Waals surface area contributed by atoms with Gasteiger partial charge in [-0.15, -0.1) is 11.3 Å². The van der Waals surface area contributed by atoms with Crippen LogP contribution in [0.1, 0.15) is 20.8 Å². The Bertz CT molecular complexity index is 1210. The Morgan fingerprint density at radius 3 is 2.77 bits per heavy atom. The van der Waals surface area contributed by atoms with Crippen molar-refractivity contribution in [2.45, 2.75) is 18.9 Å². The molecule has 6 heteroatoms. The molecule has 30 heavy (non-hydrogen) atoms. The molecule has 0 fully saturated rings. The van der Waals surface area contributed by atoms with E-state index < -0.39 is 6.04 Å². The van der Waals surface area contributed by atoms with E-state index in [1.165, 1.54) is 16.9 Å². The number of hydrogen-bond acceptors (Lipinski definition) is 3. The Labute approximate surface area is 178 Å². The minimum Gasteiger partial charge on any atom is -0.361 e. The fourth-order valence-corrected chi connectivity index (χ4v) is 4.74. The Kier molecular flexibility index (Phi) is 4.85. The van der Waals surface area contributed by atoms with Gasteiger partial charge in [-0.25, -0.2) is 0 Å². The van der Waals surface area contributed by atoms with E-state index in [-0.39, 0.29) is 11.8 Å². The number of benzene rings is 2. The van der Waals surface area contributed by atoms with Crippen molar-refractivity contribution in [3.8, 4) is 0 Å². The molecule has 0 saturated carbocycles. The fourth-order valence-electron chi connectivity index (χ4n) is 4.11. The van der Waals surface area contributed by atoms with Crippen LogP contribution in [0.5, 0.6) is 0 Å². The molecule has 5 nitrogen and oxygen atoms in total. The van der Waals surface area contributed by atoms with E-state index in [4.69, 9.17) is 0 Å². The summed E-state index contributed by atoms with van der Waals surface area (Å²) in [6.45, 7) is 0.636. The molecule has 5 rings (SSSR count). The van der Waals surface area contributed by atoms with Crippen molar-refractivity contribution in [1.29, 1.82) is 0 Å². The van der Waals surface area contributed by atoms with Gasteiger partial charge in [0.2, 0.25) is 5.91 Å². The van der Waals surface area contributed by atoms with Crippen LogP contribution in [0.15, 0.2) is 72.2 Å². The van der Waals surface area contributed by atoms with E-state index in [1.807, 2.05) is 65.0 Å². The summed E-state index contributed by atoms with van der Waals surface area (Å²) in [7, 11) is 0. The van der Waals surface area contributed by atoms with Gasteiger partial charge in [-0.2, -0.15) is 0 Å². The second kappa shape index (κ2) is 7.80. The first-order valence-electron chi connectivity index (χ1n) is 9.99. The van der Waals surface area contributed by atoms with Gasteiger partial charge in [0.15, 0.2) is 0 Å². The van der Waals surface area contributed by atoms with Gasteiger partial charge in [0.25, 0.3) is 5.91 Å². The van der Waals surface area contributed by atoms with E-state index in [0.717, 1.165) is 28.6 Å². The number of rotatable bonds is 5. The number of aromatic nitrogens is 1. The standard InChI is InChI=1S/C24H21N3O2S/c28-23(22-10-5-13-30-22)26-20(14-17-15-25-19-8-3-2-7-18(17)19)24(29)27-12-11-16-6-1-4-9-21(16)27/h1-10,13,15,20,25H,11-12,14H2,(H,26,28)/t20-/m1/s1. The number of anilines is 1. The number of amides is 2. The maximum Gasteiger partial charge on any atom is 0.262 e. The van der Waals surface area contributed by atoms with Crippen molar-refractivity contribution in [3.05, 3.63) is 88.2 Å². The first kappa shape index (κ1) is 18.6. The predicted molar refractivity (Wildman–Crippen MR) is 120 cm³/mol. The van der Waals surface area contributed by atoms with E-state index in [0.29, 0.717) is 17.8 Å². The van der Waals surface area contributed by atoms with E-state index in [9.17, 15) is 9.59 Å². The highest BCUT2D eigenvalue weighted by molar-refractivity contribution is 7.12. The van der Waals surface area contributed by atoms with Crippen LogP contribution in [0.4, 0.5) is 5.69 Å². The van der Waals surface area contributed by atoms with E-state index in [1.54, 1.807) is 6.07 Å². The summed E-state index contributed by atoms with van der Waals surface area (Å²) < 4.78 is 0. The van der Waals surface area contributed by atoms with Gasteiger partial charge in [-0.05, 0) is 41.1 Å². The Balaban J connectivity index is 1.46. The number of H-pyrrole nitrogens is 1. The van der Waals surface area contributed by atoms with Crippen molar-refractivity contribution in [2.24, 2.45) is 0 Å². The Hall–Kier alpha value is -3.38. The highest BCUT2D eigenvalue weighted by Crippen LogP contribution is 2.29. The average Bonchev–Trinajstić information content (AvgIpc) is 3.52. The van der Waals surface area contributed by atoms with Crippen molar-refractivity contribution < 1.29 is 9.59 Å². The first-order chi connectivity index (χ1) is 14.7. The zero-order valence-electron chi connectivity index (χ0n) is 16.3. The first-order valence-corrected chi connectivity index (χ1v) is 10.9. The van der Waals surface area contributed by atoms with Crippen molar-refractivity contribution >= 4 is 39.7 Å². The quantitative estimate of drug-likeness (QED) is 0.514. The number of hydrogen-bond donors (Lipinski definition) is 2. The van der Waals surface area contributed by atoms with Crippen LogP contribution in [0.3, 0.4) is 0 Å².